The maximum Gasteiger partial charge on any atom is 0.155 e. The van der Waals surface area contributed by atoms with Crippen molar-refractivity contribution in [2.24, 2.45) is 11.3 Å². The lowest BCUT2D eigenvalue weighted by Crippen LogP contribution is -2.29. The van der Waals surface area contributed by atoms with Gasteiger partial charge in [0.15, 0.2) is 5.65 Å². The van der Waals surface area contributed by atoms with Crippen molar-refractivity contribution in [1.82, 2.24) is 19.9 Å². The molecule has 1 N–H and O–H groups in total. The molecule has 0 radical (unpaired) electrons. The van der Waals surface area contributed by atoms with Gasteiger partial charge in [0.1, 0.15) is 0 Å². The largest absolute Gasteiger partial charge is 0.312 e. The second-order valence-corrected chi connectivity index (χ2v) is 6.45. The summed E-state index contributed by atoms with van der Waals surface area (Å²) in [6.45, 7) is 12.9. The first kappa shape index (κ1) is 14.0. The maximum absolute atomic E-state index is 4.41. The first-order valence-corrected chi connectivity index (χ1v) is 6.88. The second kappa shape index (κ2) is 5.29. The van der Waals surface area contributed by atoms with Crippen LogP contribution in [0.5, 0.6) is 0 Å². The van der Waals surface area contributed by atoms with Crippen molar-refractivity contribution in [3.63, 3.8) is 0 Å². The van der Waals surface area contributed by atoms with Crippen molar-refractivity contribution < 1.29 is 0 Å². The molecule has 0 aliphatic heterocycles. The summed E-state index contributed by atoms with van der Waals surface area (Å²) in [4.78, 5) is 4.41. The van der Waals surface area contributed by atoms with Crippen molar-refractivity contribution in [2.75, 3.05) is 6.54 Å². The highest BCUT2D eigenvalue weighted by molar-refractivity contribution is 5.38. The molecule has 2 aromatic rings. The number of fused-ring (bicyclic) bond motifs is 1. The van der Waals surface area contributed by atoms with Crippen LogP contribution in [0.1, 0.15) is 39.0 Å². The van der Waals surface area contributed by atoms with Crippen LogP contribution >= 0.6 is 0 Å². The molecule has 0 saturated carbocycles. The van der Waals surface area contributed by atoms with Crippen LogP contribution < -0.4 is 5.32 Å². The van der Waals surface area contributed by atoms with Gasteiger partial charge in [0.2, 0.25) is 0 Å². The number of aromatic nitrogens is 3. The fraction of sp³-hybridized carbons (Fsp3) is 0.600. The van der Waals surface area contributed by atoms with E-state index >= 15 is 0 Å². The third-order valence-electron chi connectivity index (χ3n) is 3.75. The average Bonchev–Trinajstić information content (AvgIpc) is 2.67. The van der Waals surface area contributed by atoms with Gasteiger partial charge >= 0.3 is 0 Å². The molecule has 2 aromatic heterocycles. The summed E-state index contributed by atoms with van der Waals surface area (Å²) in [7, 11) is 0. The van der Waals surface area contributed by atoms with Crippen LogP contribution in [0.15, 0.2) is 18.5 Å². The molecule has 0 amide bonds. The Morgan fingerprint density at radius 3 is 2.79 bits per heavy atom. The summed E-state index contributed by atoms with van der Waals surface area (Å²) in [5.41, 5.74) is 3.41. The highest BCUT2D eigenvalue weighted by Crippen LogP contribution is 2.24. The van der Waals surface area contributed by atoms with E-state index in [-0.39, 0.29) is 0 Å². The van der Waals surface area contributed by atoms with Crippen LogP contribution in [-0.2, 0) is 6.54 Å². The van der Waals surface area contributed by atoms with Crippen molar-refractivity contribution >= 4 is 5.65 Å². The minimum atomic E-state index is 0.342. The zero-order valence-electron chi connectivity index (χ0n) is 12.6. The Kier molecular flexibility index (Phi) is 3.90. The monoisotopic (exact) mass is 260 g/mol. The van der Waals surface area contributed by atoms with Crippen LogP contribution in [0.25, 0.3) is 5.65 Å². The third kappa shape index (κ3) is 3.53. The Bertz CT molecular complexity index is 551. The van der Waals surface area contributed by atoms with E-state index in [2.05, 4.69) is 43.1 Å². The lowest BCUT2D eigenvalue weighted by atomic mass is 9.82. The molecule has 0 fully saturated rings. The van der Waals surface area contributed by atoms with E-state index in [1.165, 1.54) is 0 Å². The highest BCUT2D eigenvalue weighted by atomic mass is 15.2. The molecular weight excluding hydrogens is 236 g/mol. The van der Waals surface area contributed by atoms with E-state index < -0.39 is 0 Å². The first-order valence-electron chi connectivity index (χ1n) is 6.88. The van der Waals surface area contributed by atoms with Crippen LogP contribution in [0, 0.1) is 18.3 Å². The Morgan fingerprint density at radius 1 is 1.37 bits per heavy atom. The van der Waals surface area contributed by atoms with E-state index in [1.54, 1.807) is 0 Å². The summed E-state index contributed by atoms with van der Waals surface area (Å²) < 4.78 is 1.85. The number of nitrogens with one attached hydrogen (secondary N) is 1. The molecule has 2 heterocycles. The summed E-state index contributed by atoms with van der Waals surface area (Å²) in [5.74, 6) is 0.635. The predicted molar refractivity (Wildman–Crippen MR) is 78.0 cm³/mol. The summed E-state index contributed by atoms with van der Waals surface area (Å²) in [5, 5.41) is 7.88. The lowest BCUT2D eigenvalue weighted by molar-refractivity contribution is 0.252. The summed E-state index contributed by atoms with van der Waals surface area (Å²) >= 11 is 0. The fourth-order valence-electron chi connectivity index (χ4n) is 1.86. The molecule has 0 bridgehead atoms. The normalized spacial score (nSPS) is 13.9. The Labute approximate surface area is 115 Å². The molecule has 2 rings (SSSR count). The molecule has 0 aromatic carbocycles. The minimum Gasteiger partial charge on any atom is -0.312 e. The van der Waals surface area contributed by atoms with Gasteiger partial charge < -0.3 is 5.32 Å². The van der Waals surface area contributed by atoms with Gasteiger partial charge in [0, 0.05) is 30.6 Å². The van der Waals surface area contributed by atoms with Crippen molar-refractivity contribution in [1.29, 1.82) is 0 Å². The van der Waals surface area contributed by atoms with E-state index in [1.807, 2.05) is 29.9 Å². The van der Waals surface area contributed by atoms with E-state index in [4.69, 9.17) is 0 Å². The number of hydrogen-bond acceptors (Lipinski definition) is 3. The molecule has 19 heavy (non-hydrogen) atoms. The van der Waals surface area contributed by atoms with Gasteiger partial charge in [-0.25, -0.2) is 9.50 Å². The number of hydrogen-bond donors (Lipinski definition) is 1. The smallest absolute Gasteiger partial charge is 0.155 e. The molecule has 0 spiro atoms. The molecular formula is C15H24N4. The molecule has 4 heteroatoms. The fourth-order valence-corrected chi connectivity index (χ4v) is 1.86. The molecule has 0 aliphatic rings. The Morgan fingerprint density at radius 2 is 2.11 bits per heavy atom. The maximum atomic E-state index is 4.41. The molecule has 1 unspecified atom stereocenters. The van der Waals surface area contributed by atoms with Gasteiger partial charge in [-0.15, -0.1) is 0 Å². The summed E-state index contributed by atoms with van der Waals surface area (Å²) in [6, 6.07) is 1.99. The van der Waals surface area contributed by atoms with Crippen molar-refractivity contribution in [3.8, 4) is 0 Å². The number of aryl methyl sites for hydroxylation is 1. The first-order chi connectivity index (χ1) is 8.86. The Hall–Kier alpha value is -1.42. The standard InChI is InChI=1S/C15H24N4/c1-11(15(3,4)5)7-16-8-13-9-17-14-6-12(2)18-19(14)10-13/h6,9-11,16H,7-8H2,1-5H3. The van der Waals surface area contributed by atoms with E-state index in [0.717, 1.165) is 30.0 Å². The van der Waals surface area contributed by atoms with Crippen LogP contribution in [0.3, 0.4) is 0 Å². The average molecular weight is 260 g/mol. The molecule has 4 nitrogen and oxygen atoms in total. The second-order valence-electron chi connectivity index (χ2n) is 6.45. The molecule has 0 aliphatic carbocycles. The van der Waals surface area contributed by atoms with Gasteiger partial charge in [0.25, 0.3) is 0 Å². The van der Waals surface area contributed by atoms with Crippen LogP contribution in [-0.4, -0.2) is 21.1 Å². The molecule has 0 saturated heterocycles. The quantitative estimate of drug-likeness (QED) is 0.919. The number of rotatable bonds is 4. The predicted octanol–water partition coefficient (Wildman–Crippen LogP) is 2.81. The Balaban J connectivity index is 1.94. The number of nitrogens with zero attached hydrogens (tertiary/aromatic N) is 3. The zero-order valence-corrected chi connectivity index (χ0v) is 12.6. The van der Waals surface area contributed by atoms with Gasteiger partial charge in [-0.3, -0.25) is 0 Å². The zero-order chi connectivity index (χ0) is 14.0. The van der Waals surface area contributed by atoms with Crippen molar-refractivity contribution in [2.45, 2.75) is 41.2 Å². The SMILES string of the molecule is Cc1cc2ncc(CNCC(C)C(C)(C)C)cn2n1. The van der Waals surface area contributed by atoms with Crippen LogP contribution in [0.4, 0.5) is 0 Å². The lowest BCUT2D eigenvalue weighted by Gasteiger charge is -2.27. The van der Waals surface area contributed by atoms with Gasteiger partial charge in [-0.05, 0) is 24.8 Å². The highest BCUT2D eigenvalue weighted by Gasteiger charge is 2.19. The van der Waals surface area contributed by atoms with E-state index in [0.29, 0.717) is 11.3 Å². The molecule has 104 valence electrons. The van der Waals surface area contributed by atoms with Gasteiger partial charge in [-0.2, -0.15) is 5.10 Å². The summed E-state index contributed by atoms with van der Waals surface area (Å²) in [6.07, 6.45) is 3.97. The van der Waals surface area contributed by atoms with Crippen molar-refractivity contribution in [3.05, 3.63) is 29.7 Å². The van der Waals surface area contributed by atoms with E-state index in [9.17, 15) is 0 Å². The topological polar surface area (TPSA) is 42.2 Å². The molecule has 1 atom stereocenters. The minimum absolute atomic E-state index is 0.342. The van der Waals surface area contributed by atoms with Gasteiger partial charge in [-0.1, -0.05) is 27.7 Å². The third-order valence-corrected chi connectivity index (χ3v) is 3.75. The van der Waals surface area contributed by atoms with Crippen LogP contribution in [0.2, 0.25) is 0 Å². The van der Waals surface area contributed by atoms with Gasteiger partial charge in [0.05, 0.1) is 5.69 Å².